The largest absolute Gasteiger partial charge is 0.437 e. The van der Waals surface area contributed by atoms with Gasteiger partial charge in [-0.05, 0) is 55.6 Å². The van der Waals surface area contributed by atoms with E-state index in [1.807, 2.05) is 24.3 Å². The number of aromatic nitrogens is 2. The molecule has 2 aromatic carbocycles. The van der Waals surface area contributed by atoms with Crippen molar-refractivity contribution in [2.24, 2.45) is 0 Å². The first kappa shape index (κ1) is 23.5. The first-order valence-electron chi connectivity index (χ1n) is 10.8. The van der Waals surface area contributed by atoms with Gasteiger partial charge in [0.25, 0.3) is 11.8 Å². The molecule has 2 heterocycles. The van der Waals surface area contributed by atoms with Crippen LogP contribution in [-0.4, -0.2) is 72.0 Å². The summed E-state index contributed by atoms with van der Waals surface area (Å²) in [5, 5.41) is 4.32. The van der Waals surface area contributed by atoms with Gasteiger partial charge in [0.1, 0.15) is 5.75 Å². The molecule has 0 atom stereocenters. The minimum atomic E-state index is -0.0887. The molecule has 0 unspecified atom stereocenters. The van der Waals surface area contributed by atoms with E-state index < -0.39 is 0 Å². The number of nitrogens with zero attached hydrogens (tertiary/aromatic N) is 4. The van der Waals surface area contributed by atoms with E-state index in [0.717, 1.165) is 37.6 Å². The number of ether oxygens (including phenoxy) is 1. The van der Waals surface area contributed by atoms with Crippen LogP contribution in [0.15, 0.2) is 70.8 Å². The molecule has 9 heteroatoms. The van der Waals surface area contributed by atoms with Gasteiger partial charge in [-0.1, -0.05) is 23.4 Å². The third-order valence-electron chi connectivity index (χ3n) is 5.30. The Morgan fingerprint density at radius 3 is 2.45 bits per heavy atom. The van der Waals surface area contributed by atoms with Gasteiger partial charge in [0.2, 0.25) is 0 Å². The predicted octanol–water partition coefficient (Wildman–Crippen LogP) is 4.05. The number of carbonyl (C=O) groups is 1. The van der Waals surface area contributed by atoms with Crippen LogP contribution in [0.5, 0.6) is 11.6 Å². The lowest BCUT2D eigenvalue weighted by atomic mass is 10.2. The first-order valence-corrected chi connectivity index (χ1v) is 12.0. The number of benzene rings is 2. The molecule has 0 aliphatic carbocycles. The zero-order valence-electron chi connectivity index (χ0n) is 18.4. The van der Waals surface area contributed by atoms with Gasteiger partial charge in [-0.2, -0.15) is 0 Å². The van der Waals surface area contributed by atoms with E-state index in [2.05, 4.69) is 32.1 Å². The number of carbonyl (C=O) groups excluding carboxylic acids is 1. The van der Waals surface area contributed by atoms with Crippen LogP contribution in [0.4, 0.5) is 0 Å². The lowest BCUT2D eigenvalue weighted by Crippen LogP contribution is -2.46. The molecular formula is C24H26ClN5O2S. The standard InChI is InChI=1S/C24H26ClN5O2S/c1-29-14-16-30(17-15-29)13-12-26-22(31)18-2-6-20(7-3-18)32-23-24(28-11-10-27-23)33-21-8-4-19(25)5-9-21/h2-11H,12-17H2,1H3,(H,26,31). The summed E-state index contributed by atoms with van der Waals surface area (Å²) in [5.74, 6) is 0.901. The van der Waals surface area contributed by atoms with Crippen LogP contribution in [0, 0.1) is 0 Å². The second kappa shape index (κ2) is 11.5. The lowest BCUT2D eigenvalue weighted by molar-refractivity contribution is 0.0941. The predicted molar refractivity (Wildman–Crippen MR) is 130 cm³/mol. The Hall–Kier alpha value is -2.65. The van der Waals surface area contributed by atoms with Crippen LogP contribution in [0.1, 0.15) is 10.4 Å². The third kappa shape index (κ3) is 6.91. The van der Waals surface area contributed by atoms with Crippen LogP contribution in [0.3, 0.4) is 0 Å². The van der Waals surface area contributed by atoms with Crippen molar-refractivity contribution in [3.05, 3.63) is 71.5 Å². The van der Waals surface area contributed by atoms with Crippen molar-refractivity contribution in [3.8, 4) is 11.6 Å². The zero-order chi connectivity index (χ0) is 23.0. The SMILES string of the molecule is CN1CCN(CCNC(=O)c2ccc(Oc3nccnc3Sc3ccc(Cl)cc3)cc2)CC1. The number of nitrogens with one attached hydrogen (secondary N) is 1. The van der Waals surface area contributed by atoms with Gasteiger partial charge in [-0.3, -0.25) is 9.69 Å². The summed E-state index contributed by atoms with van der Waals surface area (Å²) in [7, 11) is 2.14. The zero-order valence-corrected chi connectivity index (χ0v) is 20.0. The van der Waals surface area contributed by atoms with E-state index in [4.69, 9.17) is 16.3 Å². The van der Waals surface area contributed by atoms with Gasteiger partial charge in [0.05, 0.1) is 0 Å². The van der Waals surface area contributed by atoms with Crippen molar-refractivity contribution in [3.63, 3.8) is 0 Å². The van der Waals surface area contributed by atoms with Gasteiger partial charge < -0.3 is 15.0 Å². The summed E-state index contributed by atoms with van der Waals surface area (Å²) >= 11 is 7.41. The average molecular weight is 484 g/mol. The van der Waals surface area contributed by atoms with E-state index in [9.17, 15) is 4.79 Å². The number of piperazine rings is 1. The van der Waals surface area contributed by atoms with Crippen molar-refractivity contribution in [1.82, 2.24) is 25.1 Å². The van der Waals surface area contributed by atoms with Crippen LogP contribution in [0.2, 0.25) is 5.02 Å². The molecule has 172 valence electrons. The summed E-state index contributed by atoms with van der Waals surface area (Å²) in [5.41, 5.74) is 0.593. The molecular weight excluding hydrogens is 458 g/mol. The molecule has 1 saturated heterocycles. The lowest BCUT2D eigenvalue weighted by Gasteiger charge is -2.32. The maximum atomic E-state index is 12.5. The van der Waals surface area contributed by atoms with Crippen molar-refractivity contribution >= 4 is 29.3 Å². The number of hydrogen-bond acceptors (Lipinski definition) is 7. The van der Waals surface area contributed by atoms with Gasteiger partial charge >= 0.3 is 0 Å². The number of amides is 1. The second-order valence-corrected chi connectivity index (χ2v) is 9.25. The Balaban J connectivity index is 1.31. The maximum absolute atomic E-state index is 12.5. The molecule has 1 aliphatic heterocycles. The fourth-order valence-electron chi connectivity index (χ4n) is 3.35. The molecule has 0 saturated carbocycles. The Morgan fingerprint density at radius 1 is 1.03 bits per heavy atom. The van der Waals surface area contributed by atoms with Gasteiger partial charge in [-0.15, -0.1) is 0 Å². The molecule has 1 amide bonds. The molecule has 1 aromatic heterocycles. The molecule has 0 radical (unpaired) electrons. The molecule has 0 bridgehead atoms. The highest BCUT2D eigenvalue weighted by Crippen LogP contribution is 2.34. The average Bonchev–Trinajstić information content (AvgIpc) is 2.83. The van der Waals surface area contributed by atoms with Crippen molar-refractivity contribution in [2.75, 3.05) is 46.3 Å². The maximum Gasteiger partial charge on any atom is 0.252 e. The highest BCUT2D eigenvalue weighted by Gasteiger charge is 2.14. The molecule has 33 heavy (non-hydrogen) atoms. The highest BCUT2D eigenvalue weighted by atomic mass is 35.5. The normalized spacial score (nSPS) is 14.7. The Labute approximate surface area is 203 Å². The number of halogens is 1. The van der Waals surface area contributed by atoms with Crippen molar-refractivity contribution in [2.45, 2.75) is 9.92 Å². The van der Waals surface area contributed by atoms with Crippen LogP contribution < -0.4 is 10.1 Å². The summed E-state index contributed by atoms with van der Waals surface area (Å²) in [6.45, 7) is 5.72. The van der Waals surface area contributed by atoms with Gasteiger partial charge in [-0.25, -0.2) is 9.97 Å². The van der Waals surface area contributed by atoms with Crippen LogP contribution in [0.25, 0.3) is 0 Å². The Morgan fingerprint density at radius 2 is 1.73 bits per heavy atom. The number of hydrogen-bond donors (Lipinski definition) is 1. The van der Waals surface area contributed by atoms with Gasteiger partial charge in [0, 0.05) is 67.1 Å². The topological polar surface area (TPSA) is 70.6 Å². The summed E-state index contributed by atoms with van der Waals surface area (Å²) in [4.78, 5) is 26.8. The molecule has 7 nitrogen and oxygen atoms in total. The highest BCUT2D eigenvalue weighted by molar-refractivity contribution is 7.99. The number of rotatable bonds is 8. The first-order chi connectivity index (χ1) is 16.1. The second-order valence-electron chi connectivity index (χ2n) is 7.75. The Bertz CT molecular complexity index is 1060. The van der Waals surface area contributed by atoms with Crippen molar-refractivity contribution < 1.29 is 9.53 Å². The van der Waals surface area contributed by atoms with E-state index in [1.165, 1.54) is 11.8 Å². The molecule has 4 rings (SSSR count). The number of likely N-dealkylation sites (N-methyl/N-ethyl adjacent to an activating group) is 1. The fraction of sp³-hybridized carbons (Fsp3) is 0.292. The summed E-state index contributed by atoms with van der Waals surface area (Å²) in [6.07, 6.45) is 3.21. The van der Waals surface area contributed by atoms with Crippen LogP contribution in [-0.2, 0) is 0 Å². The minimum absolute atomic E-state index is 0.0887. The van der Waals surface area contributed by atoms with Gasteiger partial charge in [0.15, 0.2) is 5.03 Å². The Kier molecular flexibility index (Phi) is 8.17. The monoisotopic (exact) mass is 483 g/mol. The molecule has 0 spiro atoms. The van der Waals surface area contributed by atoms with Crippen molar-refractivity contribution in [1.29, 1.82) is 0 Å². The molecule has 1 aliphatic rings. The fourth-order valence-corrected chi connectivity index (χ4v) is 4.27. The third-order valence-corrected chi connectivity index (χ3v) is 6.54. The smallest absolute Gasteiger partial charge is 0.252 e. The van der Waals surface area contributed by atoms with E-state index in [-0.39, 0.29) is 5.91 Å². The molecule has 3 aromatic rings. The molecule has 1 N–H and O–H groups in total. The van der Waals surface area contributed by atoms with E-state index in [0.29, 0.717) is 33.8 Å². The minimum Gasteiger partial charge on any atom is -0.437 e. The summed E-state index contributed by atoms with van der Waals surface area (Å²) in [6, 6.07) is 14.5. The summed E-state index contributed by atoms with van der Waals surface area (Å²) < 4.78 is 5.95. The molecule has 1 fully saturated rings. The van der Waals surface area contributed by atoms with E-state index >= 15 is 0 Å². The van der Waals surface area contributed by atoms with Crippen LogP contribution >= 0.6 is 23.4 Å². The quantitative estimate of drug-likeness (QED) is 0.518. The van der Waals surface area contributed by atoms with E-state index in [1.54, 1.807) is 36.7 Å².